The molecule has 1 fully saturated rings. The highest BCUT2D eigenvalue weighted by Gasteiger charge is 2.36. The Bertz CT molecular complexity index is 920. The van der Waals surface area contributed by atoms with Gasteiger partial charge in [0.05, 0.1) is 23.0 Å². The van der Waals surface area contributed by atoms with E-state index in [2.05, 4.69) is 21.3 Å². The number of nitrogens with one attached hydrogen (secondary N) is 1. The van der Waals surface area contributed by atoms with Crippen LogP contribution in [0, 0.1) is 0 Å². The Hall–Kier alpha value is -2.71. The Balaban J connectivity index is 1.50. The molecule has 1 N–H and O–H groups in total. The number of likely N-dealkylation sites (N-methyl/N-ethyl adjacent to an activating group) is 1. The molecule has 140 valence electrons. The minimum absolute atomic E-state index is 0.177. The normalized spacial score (nSPS) is 18.0. The number of hydrogen-bond donors (Lipinski definition) is 1. The van der Waals surface area contributed by atoms with E-state index in [9.17, 15) is 9.59 Å². The third kappa shape index (κ3) is 3.58. The molecule has 3 aromatic rings. The van der Waals surface area contributed by atoms with Crippen molar-refractivity contribution in [3.63, 3.8) is 0 Å². The van der Waals surface area contributed by atoms with Gasteiger partial charge in [-0.05, 0) is 24.3 Å². The van der Waals surface area contributed by atoms with Gasteiger partial charge in [0.25, 0.3) is 5.91 Å². The Morgan fingerprint density at radius 2 is 2.11 bits per heavy atom. The Labute approximate surface area is 160 Å². The van der Waals surface area contributed by atoms with Crippen LogP contribution in [0.2, 0.25) is 0 Å². The second-order valence-corrected chi connectivity index (χ2v) is 7.53. The lowest BCUT2D eigenvalue weighted by atomic mass is 10.1. The van der Waals surface area contributed by atoms with E-state index in [0.29, 0.717) is 26.2 Å². The van der Waals surface area contributed by atoms with Gasteiger partial charge in [-0.2, -0.15) is 0 Å². The number of para-hydroxylation sites is 1. The summed E-state index contributed by atoms with van der Waals surface area (Å²) in [5.74, 6) is -0.180. The monoisotopic (exact) mass is 384 g/mol. The highest BCUT2D eigenvalue weighted by atomic mass is 32.1. The zero-order chi connectivity index (χ0) is 18.8. The van der Waals surface area contributed by atoms with Crippen molar-refractivity contribution in [2.45, 2.75) is 12.6 Å². The first-order valence-electron chi connectivity index (χ1n) is 8.78. The summed E-state index contributed by atoms with van der Waals surface area (Å²) in [5.41, 5.74) is 0.993. The molecule has 1 saturated heterocycles. The predicted molar refractivity (Wildman–Crippen MR) is 102 cm³/mol. The molecule has 0 radical (unpaired) electrons. The van der Waals surface area contributed by atoms with E-state index in [1.54, 1.807) is 35.4 Å². The lowest BCUT2D eigenvalue weighted by molar-refractivity contribution is -0.127. The largest absolute Gasteiger partial charge is 0.459 e. The van der Waals surface area contributed by atoms with E-state index in [1.807, 2.05) is 18.2 Å². The van der Waals surface area contributed by atoms with Crippen molar-refractivity contribution in [2.75, 3.05) is 26.7 Å². The molecule has 0 bridgehead atoms. The molecule has 1 atom stereocenters. The van der Waals surface area contributed by atoms with Gasteiger partial charge in [0.15, 0.2) is 5.76 Å². The second kappa shape index (κ2) is 7.50. The SMILES string of the molecule is CNC(=O)C1CN(Cc2nc3ccccc3s2)CCN1C(=O)c1ccco1. The van der Waals surface area contributed by atoms with Crippen LogP contribution in [0.3, 0.4) is 0 Å². The predicted octanol–water partition coefficient (Wildman–Crippen LogP) is 1.96. The second-order valence-electron chi connectivity index (χ2n) is 6.42. The lowest BCUT2D eigenvalue weighted by Crippen LogP contribution is -2.60. The number of carbonyl (C=O) groups excluding carboxylic acids is 2. The minimum atomic E-state index is -0.560. The van der Waals surface area contributed by atoms with Gasteiger partial charge in [-0.1, -0.05) is 12.1 Å². The molecular formula is C19H20N4O3S. The quantitative estimate of drug-likeness (QED) is 0.744. The number of fused-ring (bicyclic) bond motifs is 1. The Kier molecular flexibility index (Phi) is 4.91. The van der Waals surface area contributed by atoms with Crippen molar-refractivity contribution in [1.29, 1.82) is 0 Å². The molecule has 8 heteroatoms. The molecule has 0 saturated carbocycles. The van der Waals surface area contributed by atoms with Crippen molar-refractivity contribution >= 4 is 33.4 Å². The summed E-state index contributed by atoms with van der Waals surface area (Å²) in [5, 5.41) is 3.68. The van der Waals surface area contributed by atoms with Gasteiger partial charge in [-0.3, -0.25) is 14.5 Å². The number of nitrogens with zero attached hydrogens (tertiary/aromatic N) is 3. The molecule has 0 spiro atoms. The Morgan fingerprint density at radius 1 is 1.26 bits per heavy atom. The summed E-state index contributed by atoms with van der Waals surface area (Å²) in [6.45, 7) is 2.26. The zero-order valence-electron chi connectivity index (χ0n) is 14.9. The van der Waals surface area contributed by atoms with E-state index in [4.69, 9.17) is 4.42 Å². The van der Waals surface area contributed by atoms with Gasteiger partial charge in [-0.15, -0.1) is 11.3 Å². The van der Waals surface area contributed by atoms with Crippen LogP contribution in [0.5, 0.6) is 0 Å². The van der Waals surface area contributed by atoms with Gasteiger partial charge < -0.3 is 14.6 Å². The lowest BCUT2D eigenvalue weighted by Gasteiger charge is -2.39. The van der Waals surface area contributed by atoms with E-state index in [0.717, 1.165) is 15.2 Å². The summed E-state index contributed by atoms with van der Waals surface area (Å²) in [6, 6.07) is 10.8. The maximum atomic E-state index is 12.7. The van der Waals surface area contributed by atoms with E-state index >= 15 is 0 Å². The third-order valence-corrected chi connectivity index (χ3v) is 5.72. The third-order valence-electron chi connectivity index (χ3n) is 4.70. The van der Waals surface area contributed by atoms with Crippen LogP contribution in [0.15, 0.2) is 47.1 Å². The molecule has 2 amide bonds. The number of piperazine rings is 1. The topological polar surface area (TPSA) is 78.7 Å². The molecule has 1 aliphatic heterocycles. The van der Waals surface area contributed by atoms with Crippen molar-refractivity contribution in [3.8, 4) is 0 Å². The van der Waals surface area contributed by atoms with Gasteiger partial charge in [0, 0.05) is 26.7 Å². The molecule has 27 heavy (non-hydrogen) atoms. The number of rotatable bonds is 4. The number of amides is 2. The summed E-state index contributed by atoms with van der Waals surface area (Å²) < 4.78 is 6.38. The summed E-state index contributed by atoms with van der Waals surface area (Å²) in [7, 11) is 1.59. The van der Waals surface area contributed by atoms with Crippen molar-refractivity contribution in [3.05, 3.63) is 53.4 Å². The van der Waals surface area contributed by atoms with E-state index in [-0.39, 0.29) is 17.6 Å². The highest BCUT2D eigenvalue weighted by Crippen LogP contribution is 2.24. The van der Waals surface area contributed by atoms with Crippen LogP contribution in [-0.4, -0.2) is 59.3 Å². The van der Waals surface area contributed by atoms with Crippen molar-refractivity contribution in [2.24, 2.45) is 0 Å². The van der Waals surface area contributed by atoms with Crippen LogP contribution < -0.4 is 5.32 Å². The van der Waals surface area contributed by atoms with Gasteiger partial charge in [0.2, 0.25) is 5.91 Å². The molecule has 0 aliphatic carbocycles. The number of furan rings is 1. The molecular weight excluding hydrogens is 364 g/mol. The van der Waals surface area contributed by atoms with Gasteiger partial charge in [0.1, 0.15) is 11.0 Å². The highest BCUT2D eigenvalue weighted by molar-refractivity contribution is 7.18. The summed E-state index contributed by atoms with van der Waals surface area (Å²) in [4.78, 5) is 33.5. The first-order valence-corrected chi connectivity index (χ1v) is 9.60. The molecule has 1 aromatic carbocycles. The number of carbonyl (C=O) groups is 2. The number of benzene rings is 1. The Morgan fingerprint density at radius 3 is 2.85 bits per heavy atom. The van der Waals surface area contributed by atoms with Crippen molar-refractivity contribution in [1.82, 2.24) is 20.1 Å². The standard InChI is InChI=1S/C19H20N4O3S/c1-20-18(24)14-11-22(8-9-23(14)19(25)15-6-4-10-26-15)12-17-21-13-5-2-3-7-16(13)27-17/h2-7,10,14H,8-9,11-12H2,1H3,(H,20,24). The van der Waals surface area contributed by atoms with E-state index in [1.165, 1.54) is 6.26 Å². The molecule has 3 heterocycles. The average molecular weight is 384 g/mol. The first kappa shape index (κ1) is 17.7. The smallest absolute Gasteiger partial charge is 0.290 e. The van der Waals surface area contributed by atoms with Crippen LogP contribution in [-0.2, 0) is 11.3 Å². The van der Waals surface area contributed by atoms with Crippen molar-refractivity contribution < 1.29 is 14.0 Å². The number of thiazole rings is 1. The summed E-state index contributed by atoms with van der Waals surface area (Å²) >= 11 is 1.66. The van der Waals surface area contributed by atoms with Crippen LogP contribution >= 0.6 is 11.3 Å². The summed E-state index contributed by atoms with van der Waals surface area (Å²) in [6.07, 6.45) is 1.46. The maximum absolute atomic E-state index is 12.7. The fourth-order valence-corrected chi connectivity index (χ4v) is 4.35. The number of aromatic nitrogens is 1. The number of hydrogen-bond acceptors (Lipinski definition) is 6. The minimum Gasteiger partial charge on any atom is -0.459 e. The van der Waals surface area contributed by atoms with Crippen LogP contribution in [0.1, 0.15) is 15.6 Å². The molecule has 1 unspecified atom stereocenters. The van der Waals surface area contributed by atoms with Gasteiger partial charge in [-0.25, -0.2) is 4.98 Å². The fourth-order valence-electron chi connectivity index (χ4n) is 3.34. The molecule has 2 aromatic heterocycles. The van der Waals surface area contributed by atoms with Crippen LogP contribution in [0.25, 0.3) is 10.2 Å². The maximum Gasteiger partial charge on any atom is 0.290 e. The fraction of sp³-hybridized carbons (Fsp3) is 0.316. The van der Waals surface area contributed by atoms with Gasteiger partial charge >= 0.3 is 0 Å². The molecule has 7 nitrogen and oxygen atoms in total. The zero-order valence-corrected chi connectivity index (χ0v) is 15.7. The molecule has 4 rings (SSSR count). The average Bonchev–Trinajstić information content (AvgIpc) is 3.36. The van der Waals surface area contributed by atoms with E-state index < -0.39 is 6.04 Å². The first-order chi connectivity index (χ1) is 13.2. The molecule has 1 aliphatic rings. The van der Waals surface area contributed by atoms with Crippen LogP contribution in [0.4, 0.5) is 0 Å².